The average molecular weight is 231 g/mol. The smallest absolute Gasteiger partial charge is 0.334 e. The lowest BCUT2D eigenvalue weighted by molar-refractivity contribution is -0.153. The third-order valence-electron chi connectivity index (χ3n) is 2.56. The van der Waals surface area contributed by atoms with Gasteiger partial charge in [0.05, 0.1) is 12.2 Å². The van der Waals surface area contributed by atoms with Crippen LogP contribution in [0.1, 0.15) is 20.8 Å². The molecule has 1 heterocycles. The van der Waals surface area contributed by atoms with Crippen molar-refractivity contribution in [3.05, 3.63) is 0 Å². The lowest BCUT2D eigenvalue weighted by Crippen LogP contribution is -2.49. The molecule has 0 saturated carbocycles. The van der Waals surface area contributed by atoms with E-state index in [9.17, 15) is 4.79 Å². The SMILES string of the molecule is CCOC(CN1C[C@@H](C)O[C@@H](C)C1)C(=O)O. The minimum absolute atomic E-state index is 0.153. The van der Waals surface area contributed by atoms with E-state index < -0.39 is 12.1 Å². The Balaban J connectivity index is 2.47. The molecule has 0 aromatic rings. The Labute approximate surface area is 96.3 Å². The van der Waals surface area contributed by atoms with Crippen molar-refractivity contribution in [1.29, 1.82) is 0 Å². The second kappa shape index (κ2) is 6.18. The lowest BCUT2D eigenvalue weighted by atomic mass is 10.2. The molecule has 0 radical (unpaired) electrons. The molecule has 1 unspecified atom stereocenters. The van der Waals surface area contributed by atoms with E-state index >= 15 is 0 Å². The Morgan fingerprint density at radius 2 is 2.06 bits per heavy atom. The van der Waals surface area contributed by atoms with Gasteiger partial charge in [0.2, 0.25) is 0 Å². The number of morpholine rings is 1. The van der Waals surface area contributed by atoms with Crippen molar-refractivity contribution >= 4 is 5.97 Å². The predicted octanol–water partition coefficient (Wildman–Crippen LogP) is 0.585. The maximum absolute atomic E-state index is 10.9. The van der Waals surface area contributed by atoms with Gasteiger partial charge in [-0.1, -0.05) is 0 Å². The van der Waals surface area contributed by atoms with Crippen LogP contribution >= 0.6 is 0 Å². The van der Waals surface area contributed by atoms with Gasteiger partial charge in [0.1, 0.15) is 0 Å². The van der Waals surface area contributed by atoms with Crippen molar-refractivity contribution in [3.63, 3.8) is 0 Å². The van der Waals surface area contributed by atoms with Crippen molar-refractivity contribution in [2.24, 2.45) is 0 Å². The first-order valence-electron chi connectivity index (χ1n) is 5.75. The van der Waals surface area contributed by atoms with Gasteiger partial charge in [0.15, 0.2) is 6.10 Å². The quantitative estimate of drug-likeness (QED) is 0.750. The second-order valence-corrected chi connectivity index (χ2v) is 4.26. The average Bonchev–Trinajstić information content (AvgIpc) is 2.15. The molecule has 0 amide bonds. The van der Waals surface area contributed by atoms with E-state index in [-0.39, 0.29) is 12.2 Å². The van der Waals surface area contributed by atoms with Crippen LogP contribution in [0.15, 0.2) is 0 Å². The number of carbonyl (C=O) groups is 1. The molecule has 0 spiro atoms. The molecule has 1 rings (SSSR count). The zero-order chi connectivity index (χ0) is 12.1. The van der Waals surface area contributed by atoms with Crippen LogP contribution in [-0.2, 0) is 14.3 Å². The minimum atomic E-state index is -0.895. The first-order chi connectivity index (χ1) is 7.52. The highest BCUT2D eigenvalue weighted by molar-refractivity contribution is 5.72. The van der Waals surface area contributed by atoms with E-state index in [0.717, 1.165) is 13.1 Å². The van der Waals surface area contributed by atoms with Gasteiger partial charge < -0.3 is 14.6 Å². The molecule has 1 aliphatic rings. The Kier molecular flexibility index (Phi) is 5.18. The molecule has 0 aliphatic carbocycles. The van der Waals surface area contributed by atoms with Crippen molar-refractivity contribution in [3.8, 4) is 0 Å². The van der Waals surface area contributed by atoms with E-state index in [0.29, 0.717) is 13.2 Å². The van der Waals surface area contributed by atoms with Crippen LogP contribution in [0.25, 0.3) is 0 Å². The van der Waals surface area contributed by atoms with Gasteiger partial charge in [-0.2, -0.15) is 0 Å². The Hall–Kier alpha value is -0.650. The summed E-state index contributed by atoms with van der Waals surface area (Å²) in [6, 6.07) is 0. The molecule has 1 fully saturated rings. The molecule has 3 atom stereocenters. The highest BCUT2D eigenvalue weighted by atomic mass is 16.5. The third-order valence-corrected chi connectivity index (χ3v) is 2.56. The summed E-state index contributed by atoms with van der Waals surface area (Å²) in [6.07, 6.45) is -0.429. The normalized spacial score (nSPS) is 28.9. The van der Waals surface area contributed by atoms with Crippen LogP contribution in [0.5, 0.6) is 0 Å². The van der Waals surface area contributed by atoms with E-state index in [1.807, 2.05) is 13.8 Å². The summed E-state index contributed by atoms with van der Waals surface area (Å²) in [5, 5.41) is 8.98. The monoisotopic (exact) mass is 231 g/mol. The summed E-state index contributed by atoms with van der Waals surface area (Å²) in [7, 11) is 0. The van der Waals surface area contributed by atoms with Crippen molar-refractivity contribution in [2.75, 3.05) is 26.2 Å². The molecule has 1 N–H and O–H groups in total. The minimum Gasteiger partial charge on any atom is -0.479 e. The molecular formula is C11H21NO4. The Morgan fingerprint density at radius 1 is 1.50 bits per heavy atom. The van der Waals surface area contributed by atoms with Crippen molar-refractivity contribution < 1.29 is 19.4 Å². The second-order valence-electron chi connectivity index (χ2n) is 4.26. The number of hydrogen-bond donors (Lipinski definition) is 1. The number of carboxylic acids is 1. The summed E-state index contributed by atoms with van der Waals surface area (Å²) >= 11 is 0. The van der Waals surface area contributed by atoms with Crippen molar-refractivity contribution in [2.45, 2.75) is 39.1 Å². The third kappa shape index (κ3) is 4.08. The summed E-state index contributed by atoms with van der Waals surface area (Å²) in [4.78, 5) is 13.0. The molecule has 5 nitrogen and oxygen atoms in total. The van der Waals surface area contributed by atoms with Gasteiger partial charge in [0.25, 0.3) is 0 Å². The number of aliphatic carboxylic acids is 1. The summed E-state index contributed by atoms with van der Waals surface area (Å²) < 4.78 is 10.8. The van der Waals surface area contributed by atoms with Gasteiger partial charge in [0, 0.05) is 26.2 Å². The summed E-state index contributed by atoms with van der Waals surface area (Å²) in [5.41, 5.74) is 0. The maximum Gasteiger partial charge on any atom is 0.334 e. The van der Waals surface area contributed by atoms with Crippen LogP contribution in [0.4, 0.5) is 0 Å². The van der Waals surface area contributed by atoms with Crippen LogP contribution < -0.4 is 0 Å². The fraction of sp³-hybridized carbons (Fsp3) is 0.909. The van der Waals surface area contributed by atoms with Gasteiger partial charge in [-0.15, -0.1) is 0 Å². The first kappa shape index (κ1) is 13.4. The molecule has 1 aliphatic heterocycles. The summed E-state index contributed by atoms with van der Waals surface area (Å²) in [6.45, 7) is 8.19. The van der Waals surface area contributed by atoms with E-state index in [4.69, 9.17) is 14.6 Å². The predicted molar refractivity (Wildman–Crippen MR) is 59.5 cm³/mol. The fourth-order valence-corrected chi connectivity index (χ4v) is 2.07. The van der Waals surface area contributed by atoms with Gasteiger partial charge in [-0.05, 0) is 20.8 Å². The number of hydrogen-bond acceptors (Lipinski definition) is 4. The standard InChI is InChI=1S/C11H21NO4/c1-4-15-10(11(13)14)7-12-5-8(2)16-9(3)6-12/h8-10H,4-7H2,1-3H3,(H,13,14)/t8-,9+,10?. The number of ether oxygens (including phenoxy) is 2. The van der Waals surface area contributed by atoms with E-state index in [1.54, 1.807) is 6.92 Å². The van der Waals surface area contributed by atoms with E-state index in [2.05, 4.69) is 4.90 Å². The van der Waals surface area contributed by atoms with Crippen LogP contribution in [-0.4, -0.2) is 60.5 Å². The molecule has 0 bridgehead atoms. The van der Waals surface area contributed by atoms with Crippen LogP contribution in [0.2, 0.25) is 0 Å². The topological polar surface area (TPSA) is 59.0 Å². The molecule has 0 aromatic heterocycles. The van der Waals surface area contributed by atoms with E-state index in [1.165, 1.54) is 0 Å². The van der Waals surface area contributed by atoms with Gasteiger partial charge in [-0.3, -0.25) is 4.90 Å². The number of rotatable bonds is 5. The molecule has 1 saturated heterocycles. The number of nitrogens with zero attached hydrogens (tertiary/aromatic N) is 1. The van der Waals surface area contributed by atoms with Crippen LogP contribution in [0.3, 0.4) is 0 Å². The highest BCUT2D eigenvalue weighted by Gasteiger charge is 2.27. The Morgan fingerprint density at radius 3 is 2.50 bits per heavy atom. The summed E-state index contributed by atoms with van der Waals surface area (Å²) in [5.74, 6) is -0.895. The van der Waals surface area contributed by atoms with Crippen LogP contribution in [0, 0.1) is 0 Å². The zero-order valence-corrected chi connectivity index (χ0v) is 10.2. The molecule has 16 heavy (non-hydrogen) atoms. The molecule has 94 valence electrons. The molecule has 0 aromatic carbocycles. The maximum atomic E-state index is 10.9. The highest BCUT2D eigenvalue weighted by Crippen LogP contribution is 2.11. The molecule has 5 heteroatoms. The van der Waals surface area contributed by atoms with Gasteiger partial charge >= 0.3 is 5.97 Å². The fourth-order valence-electron chi connectivity index (χ4n) is 2.07. The number of carboxylic acid groups (broad SMARTS) is 1. The van der Waals surface area contributed by atoms with Crippen molar-refractivity contribution in [1.82, 2.24) is 4.90 Å². The zero-order valence-electron chi connectivity index (χ0n) is 10.2. The first-order valence-corrected chi connectivity index (χ1v) is 5.75. The van der Waals surface area contributed by atoms with Gasteiger partial charge in [-0.25, -0.2) is 4.79 Å². The molecular weight excluding hydrogens is 210 g/mol. The largest absolute Gasteiger partial charge is 0.479 e. The Bertz CT molecular complexity index is 224. The lowest BCUT2D eigenvalue weighted by Gasteiger charge is -2.36.